The van der Waals surface area contributed by atoms with E-state index in [2.05, 4.69) is 10.6 Å². The summed E-state index contributed by atoms with van der Waals surface area (Å²) in [6.07, 6.45) is 0.428. The number of carbonyl (C=O) groups is 2. The topological polar surface area (TPSA) is 144 Å². The monoisotopic (exact) mass is 778 g/mol. The zero-order chi connectivity index (χ0) is 24.3. The Kier molecular flexibility index (Phi) is 9.15. The van der Waals surface area contributed by atoms with Crippen molar-refractivity contribution >= 4 is 102 Å². The second kappa shape index (κ2) is 11.0. The van der Waals surface area contributed by atoms with Gasteiger partial charge in [-0.05, 0) is 80.3 Å². The van der Waals surface area contributed by atoms with E-state index < -0.39 is 21.2 Å². The maximum atomic E-state index is 12.2. The summed E-state index contributed by atoms with van der Waals surface area (Å²) in [6.45, 7) is 4.70. The van der Waals surface area contributed by atoms with Crippen molar-refractivity contribution in [3.05, 3.63) is 48.6 Å². The molecule has 0 saturated carbocycles. The lowest BCUT2D eigenvalue weighted by molar-refractivity contribution is -0.395. The summed E-state index contributed by atoms with van der Waals surface area (Å²) in [5, 5.41) is 28.8. The normalized spacial score (nSPS) is 10.6. The van der Waals surface area contributed by atoms with Crippen LogP contribution in [0.3, 0.4) is 0 Å². The number of halogens is 3. The van der Waals surface area contributed by atoms with Crippen LogP contribution < -0.4 is 10.6 Å². The predicted molar refractivity (Wildman–Crippen MR) is 146 cm³/mol. The van der Waals surface area contributed by atoms with Crippen LogP contribution in [0.15, 0.2) is 12.1 Å². The Morgan fingerprint density at radius 1 is 0.844 bits per heavy atom. The Morgan fingerprint density at radius 3 is 1.53 bits per heavy atom. The summed E-state index contributed by atoms with van der Waals surface area (Å²) in [5.41, 5.74) is 0.680. The van der Waals surface area contributed by atoms with E-state index in [0.717, 1.165) is 0 Å². The van der Waals surface area contributed by atoms with Gasteiger partial charge in [0.25, 0.3) is 11.4 Å². The highest BCUT2D eigenvalue weighted by Gasteiger charge is 2.28. The van der Waals surface area contributed by atoms with Crippen molar-refractivity contribution in [3.8, 4) is 11.1 Å². The third-order valence-electron chi connectivity index (χ3n) is 4.52. The van der Waals surface area contributed by atoms with Crippen molar-refractivity contribution in [3.63, 3.8) is 0 Å². The fourth-order valence-corrected chi connectivity index (χ4v) is 7.13. The maximum absolute atomic E-state index is 12.2. The number of benzene rings is 2. The summed E-state index contributed by atoms with van der Waals surface area (Å²) >= 11 is 6.00. The van der Waals surface area contributed by atoms with Gasteiger partial charge >= 0.3 is 0 Å². The van der Waals surface area contributed by atoms with Crippen LogP contribution in [0.4, 0.5) is 22.7 Å². The number of rotatable bonds is 7. The molecule has 0 atom stereocenters. The summed E-state index contributed by atoms with van der Waals surface area (Å²) in [6, 6.07) is 2.54. The number of nitrogens with zero attached hydrogens (tertiary/aromatic N) is 2. The summed E-state index contributed by atoms with van der Waals surface area (Å²) in [4.78, 5) is 46.1. The molecule has 2 amide bonds. The first-order valence-corrected chi connectivity index (χ1v) is 12.4. The van der Waals surface area contributed by atoms with E-state index in [0.29, 0.717) is 27.6 Å². The Bertz CT molecular complexity index is 1070. The first-order chi connectivity index (χ1) is 14.9. The summed E-state index contributed by atoms with van der Waals surface area (Å²) in [7, 11) is 0. The molecule has 0 unspecified atom stereocenters. The van der Waals surface area contributed by atoms with E-state index >= 15 is 0 Å². The molecule has 32 heavy (non-hydrogen) atoms. The van der Waals surface area contributed by atoms with Crippen molar-refractivity contribution in [1.82, 2.24) is 0 Å². The van der Waals surface area contributed by atoms with Gasteiger partial charge < -0.3 is 10.6 Å². The second-order valence-electron chi connectivity index (χ2n) is 6.52. The van der Waals surface area contributed by atoms with Gasteiger partial charge in [0.15, 0.2) is 0 Å². The third kappa shape index (κ3) is 5.46. The van der Waals surface area contributed by atoms with Crippen molar-refractivity contribution in [2.24, 2.45) is 0 Å². The van der Waals surface area contributed by atoms with E-state index in [1.807, 2.05) is 67.8 Å². The van der Waals surface area contributed by atoms with Gasteiger partial charge in [-0.25, -0.2) is 0 Å². The average molecular weight is 778 g/mol. The number of carbonyl (C=O) groups excluding carboxylic acids is 2. The van der Waals surface area contributed by atoms with Crippen LogP contribution in [0.25, 0.3) is 11.1 Å². The standard InChI is InChI=1S/C19H17I3N4O6/c1-4-12(27)23-18-15(20)14(16(21)19(17(18)22)24-13(28)5-2)9-6-10(25(29)30)8(3)11(7-9)26(31)32/h6-7H,4-5H2,1-3H3,(H,23,27)(H,24,28). The number of hydrogen-bond acceptors (Lipinski definition) is 6. The lowest BCUT2D eigenvalue weighted by atomic mass is 9.99. The summed E-state index contributed by atoms with van der Waals surface area (Å²) < 4.78 is 1.67. The molecule has 2 aromatic rings. The largest absolute Gasteiger partial charge is 0.324 e. The van der Waals surface area contributed by atoms with E-state index in [9.17, 15) is 29.8 Å². The minimum atomic E-state index is -0.669. The quantitative estimate of drug-likeness (QED) is 0.201. The van der Waals surface area contributed by atoms with Gasteiger partial charge in [0.2, 0.25) is 11.8 Å². The SMILES string of the molecule is CCC(=O)Nc1c(I)c(NC(=O)CC)c(I)c(-c2cc([N+](=O)[O-])c(C)c([N+](=O)[O-])c2)c1I. The smallest absolute Gasteiger partial charge is 0.279 e. The summed E-state index contributed by atoms with van der Waals surface area (Å²) in [5.74, 6) is -0.525. The number of amides is 2. The third-order valence-corrected chi connectivity index (χ3v) is 7.76. The van der Waals surface area contributed by atoms with E-state index in [1.165, 1.54) is 19.1 Å². The molecule has 0 spiro atoms. The van der Waals surface area contributed by atoms with Crippen LogP contribution >= 0.6 is 67.8 Å². The number of nitrogens with one attached hydrogen (secondary N) is 2. The zero-order valence-electron chi connectivity index (χ0n) is 17.0. The van der Waals surface area contributed by atoms with Crippen LogP contribution in [0, 0.1) is 37.9 Å². The van der Waals surface area contributed by atoms with E-state index in [4.69, 9.17) is 0 Å². The van der Waals surface area contributed by atoms with E-state index in [-0.39, 0.29) is 35.8 Å². The minimum absolute atomic E-state index is 0.0571. The van der Waals surface area contributed by atoms with Gasteiger partial charge in [-0.1, -0.05) is 13.8 Å². The van der Waals surface area contributed by atoms with Crippen LogP contribution in [0.5, 0.6) is 0 Å². The lowest BCUT2D eigenvalue weighted by Crippen LogP contribution is -2.17. The second-order valence-corrected chi connectivity index (χ2v) is 9.76. The molecular weight excluding hydrogens is 761 g/mol. The molecule has 10 nitrogen and oxygen atoms in total. The van der Waals surface area contributed by atoms with Crippen LogP contribution in [-0.2, 0) is 9.59 Å². The van der Waals surface area contributed by atoms with Gasteiger partial charge in [-0.15, -0.1) is 0 Å². The molecule has 2 N–H and O–H groups in total. The Balaban J connectivity index is 2.97. The predicted octanol–water partition coefficient (Wildman–Crippen LogP) is 5.99. The van der Waals surface area contributed by atoms with Crippen molar-refractivity contribution in [2.45, 2.75) is 33.6 Å². The first-order valence-electron chi connectivity index (χ1n) is 9.18. The molecule has 0 fully saturated rings. The highest BCUT2D eigenvalue weighted by atomic mass is 127. The fourth-order valence-electron chi connectivity index (χ4n) is 2.80. The Labute approximate surface area is 224 Å². The van der Waals surface area contributed by atoms with Crippen molar-refractivity contribution in [1.29, 1.82) is 0 Å². The molecule has 0 radical (unpaired) electrons. The van der Waals surface area contributed by atoms with Crippen molar-refractivity contribution in [2.75, 3.05) is 10.6 Å². The molecule has 0 saturated heterocycles. The highest BCUT2D eigenvalue weighted by Crippen LogP contribution is 2.45. The molecular formula is C19H17I3N4O6. The first kappa shape index (κ1) is 26.6. The fraction of sp³-hybridized carbons (Fsp3) is 0.263. The Hall–Kier alpha value is -1.63. The minimum Gasteiger partial charge on any atom is -0.324 e. The zero-order valence-corrected chi connectivity index (χ0v) is 23.5. The van der Waals surface area contributed by atoms with E-state index in [1.54, 1.807) is 13.8 Å². The molecule has 2 aromatic carbocycles. The number of nitro benzene ring substituents is 2. The molecule has 0 bridgehead atoms. The molecule has 13 heteroatoms. The highest BCUT2D eigenvalue weighted by molar-refractivity contribution is 14.1. The molecule has 0 aliphatic rings. The van der Waals surface area contributed by atoms with Gasteiger partial charge in [-0.2, -0.15) is 0 Å². The maximum Gasteiger partial charge on any atom is 0.279 e. The number of anilines is 2. The van der Waals surface area contributed by atoms with Gasteiger partial charge in [-0.3, -0.25) is 29.8 Å². The average Bonchev–Trinajstić information content (AvgIpc) is 2.74. The molecule has 0 heterocycles. The molecule has 0 aliphatic carbocycles. The number of hydrogen-bond donors (Lipinski definition) is 2. The molecule has 2 rings (SSSR count). The lowest BCUT2D eigenvalue weighted by Gasteiger charge is -2.20. The molecule has 0 aromatic heterocycles. The van der Waals surface area contributed by atoms with Crippen LogP contribution in [-0.4, -0.2) is 21.7 Å². The van der Waals surface area contributed by atoms with Gasteiger partial charge in [0.1, 0.15) is 5.56 Å². The van der Waals surface area contributed by atoms with Crippen LogP contribution in [0.1, 0.15) is 32.3 Å². The number of nitro groups is 2. The Morgan fingerprint density at radius 2 is 1.22 bits per heavy atom. The van der Waals surface area contributed by atoms with Gasteiger partial charge in [0, 0.05) is 37.7 Å². The van der Waals surface area contributed by atoms with Crippen LogP contribution in [0.2, 0.25) is 0 Å². The molecule has 0 aliphatic heterocycles. The molecule has 170 valence electrons. The van der Waals surface area contributed by atoms with Gasteiger partial charge in [0.05, 0.1) is 24.8 Å². The van der Waals surface area contributed by atoms with Crippen molar-refractivity contribution < 1.29 is 19.4 Å².